The molecule has 272 valence electrons. The highest BCUT2D eigenvalue weighted by Gasteiger charge is 2.62. The van der Waals surface area contributed by atoms with Gasteiger partial charge in [-0.15, -0.1) is 11.3 Å². The molecule has 0 bridgehead atoms. The van der Waals surface area contributed by atoms with E-state index in [9.17, 15) is 27.6 Å². The molecule has 6 rings (SSSR count). The van der Waals surface area contributed by atoms with Crippen LogP contribution in [0.25, 0.3) is 0 Å². The summed E-state index contributed by atoms with van der Waals surface area (Å²) in [5.41, 5.74) is 0.357. The Bertz CT molecular complexity index is 1780. The second-order valence-electron chi connectivity index (χ2n) is 14.5. The van der Waals surface area contributed by atoms with Crippen LogP contribution in [-0.4, -0.2) is 82.5 Å². The molecule has 2 saturated carbocycles. The van der Waals surface area contributed by atoms with Crippen molar-refractivity contribution in [1.82, 2.24) is 24.8 Å². The van der Waals surface area contributed by atoms with Crippen molar-refractivity contribution in [2.75, 3.05) is 11.9 Å². The van der Waals surface area contributed by atoms with Crippen LogP contribution >= 0.6 is 22.9 Å². The zero-order chi connectivity index (χ0) is 36.1. The van der Waals surface area contributed by atoms with Gasteiger partial charge in [-0.05, 0) is 54.2 Å². The number of nitrogens with one attached hydrogen (secondary N) is 3. The summed E-state index contributed by atoms with van der Waals surface area (Å²) in [6.45, 7) is 10.3. The van der Waals surface area contributed by atoms with Gasteiger partial charge in [-0.2, -0.15) is 0 Å². The molecule has 13 nitrogen and oxygen atoms in total. The molecule has 4 amide bonds. The number of hydrogen-bond acceptors (Lipinski definition) is 10. The van der Waals surface area contributed by atoms with E-state index in [2.05, 4.69) is 34.2 Å². The van der Waals surface area contributed by atoms with Gasteiger partial charge in [0.05, 0.1) is 18.3 Å². The van der Waals surface area contributed by atoms with Gasteiger partial charge in [-0.25, -0.2) is 18.2 Å². The summed E-state index contributed by atoms with van der Waals surface area (Å²) < 4.78 is 33.5. The number of likely N-dealkylation sites (tertiary alicyclic amines) is 1. The Hall–Kier alpha value is -3.43. The predicted octanol–water partition coefficient (Wildman–Crippen LogP) is 4.37. The summed E-state index contributed by atoms with van der Waals surface area (Å²) >= 11 is 7.82. The Morgan fingerprint density at radius 1 is 1.14 bits per heavy atom. The number of fused-ring (bicyclic) bond motifs is 1. The van der Waals surface area contributed by atoms with Crippen LogP contribution in [0, 0.1) is 11.8 Å². The number of anilines is 1. The molecular weight excluding hydrogens is 704 g/mol. The van der Waals surface area contributed by atoms with E-state index in [4.69, 9.17) is 16.3 Å². The van der Waals surface area contributed by atoms with E-state index in [1.807, 2.05) is 32.9 Å². The van der Waals surface area contributed by atoms with Gasteiger partial charge in [0.2, 0.25) is 21.8 Å². The Kier molecular flexibility index (Phi) is 10.1. The summed E-state index contributed by atoms with van der Waals surface area (Å²) in [7, 11) is -3.85. The van der Waals surface area contributed by atoms with Crippen molar-refractivity contribution in [1.29, 1.82) is 0 Å². The standard InChI is InChI=1S/C34H45ClN6O7S2/c1-6-21-13-34(21,31(44)39-50(46,47)23-10-11-23)38-29(42)26-12-22(48-33(45)40-15-20-8-7-9-25(35)24(20)17-40)16-41(26)30(43)28(19(4)5)37-32-36-14-27(49-32)18(2)3/h7-9,14,18-19,21-23,26,28H,6,10-13,15-17H2,1-5H3,(H,36,37)(H,38,42)(H,39,44)/t21-,22-,26+,28+,34-/m1/s1. The molecule has 50 heavy (non-hydrogen) atoms. The first-order valence-electron chi connectivity index (χ1n) is 17.3. The van der Waals surface area contributed by atoms with Crippen LogP contribution in [-0.2, 0) is 42.2 Å². The first kappa shape index (κ1) is 36.4. The minimum absolute atomic E-state index is 0.000708. The van der Waals surface area contributed by atoms with Crippen molar-refractivity contribution in [3.8, 4) is 0 Å². The van der Waals surface area contributed by atoms with E-state index in [0.717, 1.165) is 16.0 Å². The lowest BCUT2D eigenvalue weighted by Gasteiger charge is -2.31. The van der Waals surface area contributed by atoms with E-state index in [1.165, 1.54) is 21.1 Å². The molecule has 3 N–H and O–H groups in total. The third-order valence-corrected chi connectivity index (χ3v) is 13.6. The van der Waals surface area contributed by atoms with Gasteiger partial charge in [-0.3, -0.25) is 24.0 Å². The second-order valence-corrected chi connectivity index (χ2v) is 17.9. The second kappa shape index (κ2) is 13.9. The number of thiazole rings is 1. The average molecular weight is 749 g/mol. The molecule has 3 fully saturated rings. The van der Waals surface area contributed by atoms with Gasteiger partial charge in [0, 0.05) is 29.1 Å². The molecule has 1 aromatic carbocycles. The number of ether oxygens (including phenoxy) is 1. The Labute approximate surface area is 301 Å². The first-order chi connectivity index (χ1) is 23.6. The fourth-order valence-corrected chi connectivity index (χ4v) is 9.32. The van der Waals surface area contributed by atoms with Crippen LogP contribution in [0.4, 0.5) is 9.93 Å². The normalized spacial score (nSPS) is 25.0. The van der Waals surface area contributed by atoms with Crippen molar-refractivity contribution in [3.05, 3.63) is 45.4 Å². The van der Waals surface area contributed by atoms with Gasteiger partial charge >= 0.3 is 6.09 Å². The van der Waals surface area contributed by atoms with Gasteiger partial charge in [0.1, 0.15) is 23.7 Å². The third kappa shape index (κ3) is 7.31. The van der Waals surface area contributed by atoms with Crippen molar-refractivity contribution in [2.24, 2.45) is 11.8 Å². The third-order valence-electron chi connectivity index (χ3n) is 10.2. The van der Waals surface area contributed by atoms with Crippen molar-refractivity contribution in [3.63, 3.8) is 0 Å². The summed E-state index contributed by atoms with van der Waals surface area (Å²) in [5.74, 6) is -1.96. The summed E-state index contributed by atoms with van der Waals surface area (Å²) in [5, 5.41) is 6.65. The maximum atomic E-state index is 14.4. The predicted molar refractivity (Wildman–Crippen MR) is 189 cm³/mol. The molecule has 5 atom stereocenters. The van der Waals surface area contributed by atoms with Crippen LogP contribution in [0.3, 0.4) is 0 Å². The van der Waals surface area contributed by atoms with E-state index in [0.29, 0.717) is 36.0 Å². The highest BCUT2D eigenvalue weighted by molar-refractivity contribution is 7.91. The molecule has 2 aromatic rings. The quantitative estimate of drug-likeness (QED) is 0.286. The highest BCUT2D eigenvalue weighted by Crippen LogP contribution is 2.47. The van der Waals surface area contributed by atoms with Crippen molar-refractivity contribution in [2.45, 2.75) is 115 Å². The lowest BCUT2D eigenvalue weighted by atomic mass is 10.0. The van der Waals surface area contributed by atoms with E-state index >= 15 is 0 Å². The number of carbonyl (C=O) groups is 4. The molecular formula is C34H45ClN6O7S2. The van der Waals surface area contributed by atoms with Crippen molar-refractivity contribution >= 4 is 61.9 Å². The minimum atomic E-state index is -3.85. The molecule has 0 radical (unpaired) electrons. The zero-order valence-electron chi connectivity index (χ0n) is 28.9. The maximum absolute atomic E-state index is 14.4. The number of benzene rings is 1. The maximum Gasteiger partial charge on any atom is 0.410 e. The summed E-state index contributed by atoms with van der Waals surface area (Å²) in [6.07, 6.45) is 2.16. The van der Waals surface area contributed by atoms with Crippen LogP contribution in [0.15, 0.2) is 24.4 Å². The lowest BCUT2D eigenvalue weighted by molar-refractivity contribution is -0.140. The number of aromatic nitrogens is 1. The van der Waals surface area contributed by atoms with Crippen LogP contribution in [0.5, 0.6) is 0 Å². The van der Waals surface area contributed by atoms with Gasteiger partial charge in [0.25, 0.3) is 5.91 Å². The van der Waals surface area contributed by atoms with Gasteiger partial charge < -0.3 is 20.3 Å². The Morgan fingerprint density at radius 2 is 1.88 bits per heavy atom. The first-order valence-corrected chi connectivity index (χ1v) is 20.0. The molecule has 2 aliphatic heterocycles. The number of halogens is 1. The molecule has 0 unspecified atom stereocenters. The van der Waals surface area contributed by atoms with Crippen molar-refractivity contribution < 1.29 is 32.3 Å². The topological polar surface area (TPSA) is 167 Å². The van der Waals surface area contributed by atoms with Crippen LogP contribution in [0.1, 0.15) is 88.6 Å². The number of nitrogens with zero attached hydrogens (tertiary/aromatic N) is 3. The molecule has 4 aliphatic rings. The molecule has 3 heterocycles. The summed E-state index contributed by atoms with van der Waals surface area (Å²) in [4.78, 5) is 63.8. The fourth-order valence-electron chi connectivity index (χ4n) is 6.84. The largest absolute Gasteiger partial charge is 0.444 e. The number of amides is 4. The number of rotatable bonds is 12. The SMILES string of the molecule is CC[C@@H]1C[C@]1(NC(=O)[C@@H]1C[C@@H](OC(=O)N2Cc3cccc(Cl)c3C2)CN1C(=O)[C@@H](Nc1ncc(C(C)C)s1)C(C)C)C(=O)NS(=O)(=O)C1CC1. The van der Waals surface area contributed by atoms with Gasteiger partial charge in [-0.1, -0.05) is 64.8 Å². The van der Waals surface area contributed by atoms with Gasteiger partial charge in [0.15, 0.2) is 5.13 Å². The number of carbonyl (C=O) groups excluding carboxylic acids is 4. The minimum Gasteiger partial charge on any atom is -0.444 e. The van der Waals surface area contributed by atoms with Crippen LogP contribution < -0.4 is 15.4 Å². The lowest BCUT2D eigenvalue weighted by Crippen LogP contribution is -2.58. The average Bonchev–Trinajstić information content (AvgIpc) is 3.86. The zero-order valence-corrected chi connectivity index (χ0v) is 31.3. The van der Waals surface area contributed by atoms with E-state index in [1.54, 1.807) is 12.3 Å². The summed E-state index contributed by atoms with van der Waals surface area (Å²) in [6, 6.07) is 3.65. The fraction of sp³-hybridized carbons (Fsp3) is 0.618. The molecule has 1 saturated heterocycles. The number of hydrogen-bond donors (Lipinski definition) is 3. The molecule has 0 spiro atoms. The van der Waals surface area contributed by atoms with Crippen LogP contribution in [0.2, 0.25) is 5.02 Å². The Balaban J connectivity index is 1.22. The van der Waals surface area contributed by atoms with E-state index in [-0.39, 0.29) is 49.6 Å². The smallest absolute Gasteiger partial charge is 0.410 e. The molecule has 16 heteroatoms. The monoisotopic (exact) mass is 748 g/mol. The molecule has 1 aromatic heterocycles. The Morgan fingerprint density at radius 3 is 2.48 bits per heavy atom. The number of sulfonamides is 1. The van der Waals surface area contributed by atoms with E-state index < -0.39 is 56.9 Å². The molecule has 2 aliphatic carbocycles. The highest BCUT2D eigenvalue weighted by atomic mass is 35.5.